The minimum atomic E-state index is -0.503. The predicted molar refractivity (Wildman–Crippen MR) is 59.6 cm³/mol. The fraction of sp³-hybridized carbons (Fsp3) is 0.500. The number of nitrogens with zero attached hydrogens (tertiary/aromatic N) is 2. The van der Waals surface area contributed by atoms with Gasteiger partial charge in [-0.25, -0.2) is 14.8 Å². The van der Waals surface area contributed by atoms with Gasteiger partial charge in [0.2, 0.25) is 0 Å². The van der Waals surface area contributed by atoms with E-state index in [0.717, 1.165) is 0 Å². The summed E-state index contributed by atoms with van der Waals surface area (Å²) in [6, 6.07) is 0. The Balaban J connectivity index is 2.92. The molecule has 0 aliphatic carbocycles. The van der Waals surface area contributed by atoms with E-state index in [9.17, 15) is 4.79 Å². The van der Waals surface area contributed by atoms with Gasteiger partial charge in [-0.1, -0.05) is 0 Å². The number of carbonyl (C=O) groups is 1. The van der Waals surface area contributed by atoms with Crippen LogP contribution in [-0.4, -0.2) is 21.5 Å². The van der Waals surface area contributed by atoms with Crippen LogP contribution in [0.25, 0.3) is 0 Å². The molecule has 0 atom stereocenters. The van der Waals surface area contributed by atoms with Crippen LogP contribution in [0.5, 0.6) is 0 Å². The van der Waals surface area contributed by atoms with Crippen molar-refractivity contribution in [2.24, 2.45) is 0 Å². The second-order valence-corrected chi connectivity index (χ2v) is 4.85. The third-order valence-electron chi connectivity index (χ3n) is 1.57. The number of hydrogen-bond acceptors (Lipinski definition) is 4. The van der Waals surface area contributed by atoms with Gasteiger partial charge in [0.15, 0.2) is 4.73 Å². The van der Waals surface area contributed by atoms with Crippen molar-refractivity contribution in [1.82, 2.24) is 9.97 Å². The molecule has 0 spiro atoms. The van der Waals surface area contributed by atoms with E-state index < -0.39 is 11.6 Å². The lowest BCUT2D eigenvalue weighted by atomic mass is 10.2. The Morgan fingerprint density at radius 1 is 1.47 bits per heavy atom. The molecule has 0 saturated heterocycles. The highest BCUT2D eigenvalue weighted by Crippen LogP contribution is 2.14. The van der Waals surface area contributed by atoms with Gasteiger partial charge in [-0.05, 0) is 43.6 Å². The second-order valence-electron chi connectivity index (χ2n) is 4.14. The summed E-state index contributed by atoms with van der Waals surface area (Å²) in [5.74, 6) is -0.396. The average Bonchev–Trinajstić information content (AvgIpc) is 1.99. The molecule has 0 aliphatic heterocycles. The van der Waals surface area contributed by atoms with E-state index >= 15 is 0 Å². The number of ether oxygens (including phenoxy) is 1. The van der Waals surface area contributed by atoms with E-state index in [1.54, 1.807) is 6.92 Å². The van der Waals surface area contributed by atoms with Crippen molar-refractivity contribution < 1.29 is 9.53 Å². The Labute approximate surface area is 97.2 Å². The second kappa shape index (κ2) is 4.26. The maximum absolute atomic E-state index is 11.7. The first-order chi connectivity index (χ1) is 6.79. The van der Waals surface area contributed by atoms with Crippen LogP contribution >= 0.6 is 15.9 Å². The zero-order chi connectivity index (χ0) is 11.6. The molecule has 0 saturated carbocycles. The summed E-state index contributed by atoms with van der Waals surface area (Å²) in [6.07, 6.45) is 1.46. The SMILES string of the molecule is Cc1nc(Br)ncc1C(=O)OC(C)(C)C. The highest BCUT2D eigenvalue weighted by molar-refractivity contribution is 9.10. The van der Waals surface area contributed by atoms with Crippen LogP contribution in [0, 0.1) is 6.92 Å². The van der Waals surface area contributed by atoms with Gasteiger partial charge in [-0.2, -0.15) is 0 Å². The first-order valence-corrected chi connectivity index (χ1v) is 5.31. The van der Waals surface area contributed by atoms with Crippen LogP contribution in [-0.2, 0) is 4.74 Å². The summed E-state index contributed by atoms with van der Waals surface area (Å²) in [4.78, 5) is 19.6. The van der Waals surface area contributed by atoms with Crippen LogP contribution in [0.4, 0.5) is 0 Å². The zero-order valence-electron chi connectivity index (χ0n) is 9.17. The minimum Gasteiger partial charge on any atom is -0.456 e. The zero-order valence-corrected chi connectivity index (χ0v) is 10.8. The summed E-state index contributed by atoms with van der Waals surface area (Å²) < 4.78 is 5.68. The molecule has 0 aromatic carbocycles. The van der Waals surface area contributed by atoms with E-state index in [4.69, 9.17) is 4.74 Å². The van der Waals surface area contributed by atoms with Gasteiger partial charge in [0.1, 0.15) is 5.60 Å². The third kappa shape index (κ3) is 3.58. The number of rotatable bonds is 1. The van der Waals surface area contributed by atoms with Crippen molar-refractivity contribution in [3.8, 4) is 0 Å². The quantitative estimate of drug-likeness (QED) is 0.582. The first kappa shape index (κ1) is 12.1. The summed E-state index contributed by atoms with van der Waals surface area (Å²) in [6.45, 7) is 7.20. The molecule has 0 amide bonds. The lowest BCUT2D eigenvalue weighted by Gasteiger charge is -2.19. The molecule has 15 heavy (non-hydrogen) atoms. The van der Waals surface area contributed by atoms with E-state index in [1.807, 2.05) is 20.8 Å². The summed E-state index contributed by atoms with van der Waals surface area (Å²) in [5.41, 5.74) is 0.496. The van der Waals surface area contributed by atoms with Crippen molar-refractivity contribution in [3.05, 3.63) is 22.2 Å². The number of aryl methyl sites for hydroxylation is 1. The Kier molecular flexibility index (Phi) is 3.44. The van der Waals surface area contributed by atoms with Gasteiger partial charge >= 0.3 is 5.97 Å². The Bertz CT molecular complexity index is 385. The van der Waals surface area contributed by atoms with E-state index in [2.05, 4.69) is 25.9 Å². The molecule has 0 fully saturated rings. The van der Waals surface area contributed by atoms with Gasteiger partial charge in [0.05, 0.1) is 11.3 Å². The monoisotopic (exact) mass is 272 g/mol. The van der Waals surface area contributed by atoms with Gasteiger partial charge in [-0.3, -0.25) is 0 Å². The molecule has 5 heteroatoms. The number of carbonyl (C=O) groups excluding carboxylic acids is 1. The molecular formula is C10H13BrN2O2. The molecule has 0 bridgehead atoms. The van der Waals surface area contributed by atoms with E-state index in [-0.39, 0.29) is 0 Å². The van der Waals surface area contributed by atoms with Gasteiger partial charge in [-0.15, -0.1) is 0 Å². The molecule has 4 nitrogen and oxygen atoms in total. The number of aromatic nitrogens is 2. The minimum absolute atomic E-state index is 0.396. The molecule has 0 aliphatic rings. The van der Waals surface area contributed by atoms with Crippen molar-refractivity contribution in [3.63, 3.8) is 0 Å². The lowest BCUT2D eigenvalue weighted by molar-refractivity contribution is 0.00677. The highest BCUT2D eigenvalue weighted by atomic mass is 79.9. The maximum Gasteiger partial charge on any atom is 0.342 e. The standard InChI is InChI=1S/C10H13BrN2O2/c1-6-7(5-12-9(11)13-6)8(14)15-10(2,3)4/h5H,1-4H3. The topological polar surface area (TPSA) is 52.1 Å². The molecule has 0 N–H and O–H groups in total. The smallest absolute Gasteiger partial charge is 0.342 e. The van der Waals surface area contributed by atoms with Crippen LogP contribution in [0.3, 0.4) is 0 Å². The summed E-state index contributed by atoms with van der Waals surface area (Å²) in [7, 11) is 0. The third-order valence-corrected chi connectivity index (χ3v) is 1.95. The maximum atomic E-state index is 11.7. The normalized spacial score (nSPS) is 11.3. The van der Waals surface area contributed by atoms with Gasteiger partial charge in [0.25, 0.3) is 0 Å². The van der Waals surface area contributed by atoms with Crippen molar-refractivity contribution in [2.75, 3.05) is 0 Å². The summed E-state index contributed by atoms with van der Waals surface area (Å²) in [5, 5.41) is 0. The van der Waals surface area contributed by atoms with Crippen molar-refractivity contribution >= 4 is 21.9 Å². The first-order valence-electron chi connectivity index (χ1n) is 4.52. The summed E-state index contributed by atoms with van der Waals surface area (Å²) >= 11 is 3.13. The fourth-order valence-corrected chi connectivity index (χ4v) is 1.34. The average molecular weight is 273 g/mol. The Morgan fingerprint density at radius 2 is 2.07 bits per heavy atom. The van der Waals surface area contributed by atoms with Crippen LogP contribution < -0.4 is 0 Å². The molecule has 1 aromatic heterocycles. The molecular weight excluding hydrogens is 260 g/mol. The van der Waals surface area contributed by atoms with Crippen LogP contribution in [0.2, 0.25) is 0 Å². The van der Waals surface area contributed by atoms with Gasteiger partial charge < -0.3 is 4.74 Å². The fourth-order valence-electron chi connectivity index (χ4n) is 0.972. The number of esters is 1. The number of halogens is 1. The molecule has 1 rings (SSSR count). The molecule has 1 aromatic rings. The molecule has 0 radical (unpaired) electrons. The Hall–Kier alpha value is -0.970. The van der Waals surface area contributed by atoms with E-state index in [0.29, 0.717) is 16.0 Å². The largest absolute Gasteiger partial charge is 0.456 e. The predicted octanol–water partition coefficient (Wildman–Crippen LogP) is 2.50. The van der Waals surface area contributed by atoms with E-state index in [1.165, 1.54) is 6.20 Å². The van der Waals surface area contributed by atoms with Crippen molar-refractivity contribution in [2.45, 2.75) is 33.3 Å². The van der Waals surface area contributed by atoms with Crippen LogP contribution in [0.15, 0.2) is 10.9 Å². The lowest BCUT2D eigenvalue weighted by Crippen LogP contribution is -2.24. The highest BCUT2D eigenvalue weighted by Gasteiger charge is 2.20. The molecule has 0 unspecified atom stereocenters. The number of hydrogen-bond donors (Lipinski definition) is 0. The van der Waals surface area contributed by atoms with Crippen molar-refractivity contribution in [1.29, 1.82) is 0 Å². The molecule has 82 valence electrons. The Morgan fingerprint density at radius 3 is 2.53 bits per heavy atom. The van der Waals surface area contributed by atoms with Gasteiger partial charge in [0, 0.05) is 6.20 Å². The molecule has 1 heterocycles. The van der Waals surface area contributed by atoms with Crippen LogP contribution in [0.1, 0.15) is 36.8 Å².